The summed E-state index contributed by atoms with van der Waals surface area (Å²) in [4.78, 5) is 23.2. The molecule has 0 bridgehead atoms. The first-order valence-corrected chi connectivity index (χ1v) is 14.5. The number of benzene rings is 2. The van der Waals surface area contributed by atoms with E-state index in [9.17, 15) is 9.59 Å². The average molecular weight is 547 g/mol. The molecule has 0 aliphatic heterocycles. The molecular formula is C29H38O6S2. The van der Waals surface area contributed by atoms with Crippen LogP contribution in [0.3, 0.4) is 0 Å². The van der Waals surface area contributed by atoms with Gasteiger partial charge in [-0.15, -0.1) is 0 Å². The largest absolute Gasteiger partial charge is 0.494 e. The minimum absolute atomic E-state index is 0.137. The van der Waals surface area contributed by atoms with Crippen LogP contribution in [0.25, 0.3) is 0 Å². The van der Waals surface area contributed by atoms with Gasteiger partial charge in [-0.3, -0.25) is 0 Å². The Bertz CT molecular complexity index is 944. The molecule has 0 radical (unpaired) electrons. The minimum Gasteiger partial charge on any atom is -0.494 e. The van der Waals surface area contributed by atoms with Crippen molar-refractivity contribution in [2.45, 2.75) is 71.1 Å². The molecule has 2 aromatic carbocycles. The fraction of sp³-hybridized carbons (Fsp3) is 0.483. The number of carbonyl (C=O) groups excluding carboxylic acids is 1. The molecule has 0 spiro atoms. The monoisotopic (exact) mass is 546 g/mol. The molecule has 0 amide bonds. The summed E-state index contributed by atoms with van der Waals surface area (Å²) in [6.45, 7) is 3.27. The van der Waals surface area contributed by atoms with Crippen LogP contribution in [0.4, 0.5) is 0 Å². The number of hydrogen-bond acceptors (Lipinski definition) is 7. The number of carboxylic acid groups (broad SMARTS) is 1. The van der Waals surface area contributed by atoms with E-state index >= 15 is 0 Å². The number of ether oxygens (including phenoxy) is 3. The zero-order valence-electron chi connectivity index (χ0n) is 21.6. The smallest absolute Gasteiger partial charge is 0.343 e. The molecule has 202 valence electrons. The van der Waals surface area contributed by atoms with Crippen molar-refractivity contribution in [2.24, 2.45) is 0 Å². The molecular weight excluding hydrogens is 508 g/mol. The number of carboxylic acids is 1. The van der Waals surface area contributed by atoms with Gasteiger partial charge in [-0.25, -0.2) is 9.59 Å². The predicted octanol–water partition coefficient (Wildman–Crippen LogP) is 7.94. The number of rotatable bonds is 18. The summed E-state index contributed by atoms with van der Waals surface area (Å²) in [5, 5.41) is 8.93. The molecule has 0 atom stereocenters. The van der Waals surface area contributed by atoms with Crippen LogP contribution >= 0.6 is 24.0 Å². The zero-order valence-corrected chi connectivity index (χ0v) is 23.2. The highest BCUT2D eigenvalue weighted by atomic mass is 32.2. The van der Waals surface area contributed by atoms with E-state index in [1.807, 2.05) is 6.92 Å². The number of esters is 1. The number of unbranched alkanes of at least 4 members (excludes halogenated alkanes) is 9. The number of thioether (sulfide) groups is 1. The Hall–Kier alpha value is -2.58. The Labute approximate surface area is 230 Å². The lowest BCUT2D eigenvalue weighted by atomic mass is 10.1. The van der Waals surface area contributed by atoms with E-state index < -0.39 is 11.9 Å². The molecule has 0 aromatic heterocycles. The van der Waals surface area contributed by atoms with Crippen LogP contribution in [-0.2, 0) is 4.74 Å². The summed E-state index contributed by atoms with van der Waals surface area (Å²) in [7, 11) is 0. The number of thiocarbonyl (C=S) groups is 1. The van der Waals surface area contributed by atoms with Crippen LogP contribution in [-0.4, -0.2) is 40.4 Å². The summed E-state index contributed by atoms with van der Waals surface area (Å²) < 4.78 is 17.0. The van der Waals surface area contributed by atoms with Crippen molar-refractivity contribution in [1.29, 1.82) is 0 Å². The second-order valence-corrected chi connectivity index (χ2v) is 10.4. The first kappa shape index (κ1) is 30.6. The van der Waals surface area contributed by atoms with Gasteiger partial charge in [-0.2, -0.15) is 0 Å². The molecule has 2 rings (SSSR count). The molecule has 8 heteroatoms. The third-order valence-electron chi connectivity index (χ3n) is 5.69. The lowest BCUT2D eigenvalue weighted by molar-refractivity contribution is 0.0696. The quantitative estimate of drug-likeness (QED) is 0.0873. The van der Waals surface area contributed by atoms with Crippen LogP contribution in [0.15, 0.2) is 48.5 Å². The fourth-order valence-corrected chi connectivity index (χ4v) is 4.73. The van der Waals surface area contributed by atoms with Crippen molar-refractivity contribution in [2.75, 3.05) is 19.0 Å². The van der Waals surface area contributed by atoms with Crippen LogP contribution in [0.1, 0.15) is 91.8 Å². The van der Waals surface area contributed by atoms with Gasteiger partial charge in [0.2, 0.25) is 4.38 Å². The van der Waals surface area contributed by atoms with Gasteiger partial charge in [0.15, 0.2) is 0 Å². The topological polar surface area (TPSA) is 82.1 Å². The maximum atomic E-state index is 12.3. The standard InChI is InChI=1S/C29H38O6S2/c1-2-33-29(36)37-22-12-10-8-6-4-3-5-7-9-11-21-34-25-17-15-24(16-18-25)28(32)35-26-19-13-23(14-20-26)27(30)31/h13-20H,2-12,21-22H2,1H3,(H,30,31). The van der Waals surface area contributed by atoms with E-state index in [2.05, 4.69) is 0 Å². The van der Waals surface area contributed by atoms with Crippen LogP contribution < -0.4 is 9.47 Å². The Balaban J connectivity index is 1.46. The van der Waals surface area contributed by atoms with E-state index in [4.69, 9.17) is 31.5 Å². The van der Waals surface area contributed by atoms with Gasteiger partial charge in [0, 0.05) is 5.75 Å². The highest BCUT2D eigenvalue weighted by Gasteiger charge is 2.10. The van der Waals surface area contributed by atoms with Crippen molar-refractivity contribution in [1.82, 2.24) is 0 Å². The van der Waals surface area contributed by atoms with Crippen molar-refractivity contribution in [3.8, 4) is 11.5 Å². The van der Waals surface area contributed by atoms with Gasteiger partial charge in [-0.1, -0.05) is 63.1 Å². The average Bonchev–Trinajstić information content (AvgIpc) is 2.89. The van der Waals surface area contributed by atoms with E-state index in [-0.39, 0.29) is 5.56 Å². The molecule has 0 unspecified atom stereocenters. The summed E-state index contributed by atoms with van der Waals surface area (Å²) in [6, 6.07) is 12.6. The Morgan fingerprint density at radius 3 is 1.84 bits per heavy atom. The lowest BCUT2D eigenvalue weighted by Crippen LogP contribution is -2.08. The van der Waals surface area contributed by atoms with Gasteiger partial charge in [0.05, 0.1) is 24.3 Å². The molecule has 37 heavy (non-hydrogen) atoms. The van der Waals surface area contributed by atoms with Crippen LogP contribution in [0, 0.1) is 0 Å². The third kappa shape index (κ3) is 13.5. The number of hydrogen-bond donors (Lipinski definition) is 1. The molecule has 2 aromatic rings. The Kier molecular flexibility index (Phi) is 15.4. The number of carbonyl (C=O) groups is 2. The molecule has 0 fully saturated rings. The van der Waals surface area contributed by atoms with E-state index in [0.29, 0.717) is 28.9 Å². The maximum Gasteiger partial charge on any atom is 0.343 e. The molecule has 0 saturated heterocycles. The first-order valence-electron chi connectivity index (χ1n) is 13.1. The van der Waals surface area contributed by atoms with Gasteiger partial charge >= 0.3 is 11.9 Å². The molecule has 0 aliphatic rings. The molecule has 1 N–H and O–H groups in total. The first-order chi connectivity index (χ1) is 18.0. The van der Waals surface area contributed by atoms with Gasteiger partial charge in [-0.05, 0) is 80.5 Å². The Morgan fingerprint density at radius 1 is 0.757 bits per heavy atom. The van der Waals surface area contributed by atoms with Crippen molar-refractivity contribution in [3.05, 3.63) is 59.7 Å². The SMILES string of the molecule is CCOC(=S)SCCCCCCCCCCCCOc1ccc(C(=O)Oc2ccc(C(=O)O)cc2)cc1. The maximum absolute atomic E-state index is 12.3. The highest BCUT2D eigenvalue weighted by molar-refractivity contribution is 8.22. The minimum atomic E-state index is -1.03. The van der Waals surface area contributed by atoms with Crippen molar-refractivity contribution >= 4 is 40.3 Å². The molecule has 6 nitrogen and oxygen atoms in total. The van der Waals surface area contributed by atoms with E-state index in [1.54, 1.807) is 36.0 Å². The summed E-state index contributed by atoms with van der Waals surface area (Å²) in [5.74, 6) is 0.547. The van der Waals surface area contributed by atoms with Crippen molar-refractivity contribution < 1.29 is 28.9 Å². The molecule has 0 aliphatic carbocycles. The molecule has 0 saturated carbocycles. The normalized spacial score (nSPS) is 10.6. The lowest BCUT2D eigenvalue weighted by Gasteiger charge is -2.08. The van der Waals surface area contributed by atoms with Gasteiger partial charge in [0.1, 0.15) is 11.5 Å². The van der Waals surface area contributed by atoms with E-state index in [1.165, 1.54) is 75.6 Å². The number of aromatic carboxylic acids is 1. The zero-order chi connectivity index (χ0) is 26.7. The molecule has 0 heterocycles. The summed E-state index contributed by atoms with van der Waals surface area (Å²) in [5.41, 5.74) is 0.539. The summed E-state index contributed by atoms with van der Waals surface area (Å²) >= 11 is 6.76. The van der Waals surface area contributed by atoms with Crippen LogP contribution in [0.2, 0.25) is 0 Å². The van der Waals surface area contributed by atoms with Gasteiger partial charge < -0.3 is 19.3 Å². The highest BCUT2D eigenvalue weighted by Crippen LogP contribution is 2.18. The summed E-state index contributed by atoms with van der Waals surface area (Å²) in [6.07, 6.45) is 12.4. The predicted molar refractivity (Wildman–Crippen MR) is 153 cm³/mol. The second kappa shape index (κ2) is 18.6. The van der Waals surface area contributed by atoms with Gasteiger partial charge in [0.25, 0.3) is 0 Å². The van der Waals surface area contributed by atoms with Crippen molar-refractivity contribution in [3.63, 3.8) is 0 Å². The van der Waals surface area contributed by atoms with Crippen LogP contribution in [0.5, 0.6) is 11.5 Å². The third-order valence-corrected chi connectivity index (χ3v) is 7.01. The Morgan fingerprint density at radius 2 is 1.27 bits per heavy atom. The fourth-order valence-electron chi connectivity index (χ4n) is 3.64. The van der Waals surface area contributed by atoms with E-state index in [0.717, 1.165) is 24.3 Å². The second-order valence-electron chi connectivity index (χ2n) is 8.66.